The Morgan fingerprint density at radius 2 is 1.78 bits per heavy atom. The molecule has 8 nitrogen and oxygen atoms in total. The normalized spacial score (nSPS) is 22.0. The number of ether oxygens (including phenoxy) is 1. The highest BCUT2D eigenvalue weighted by Crippen LogP contribution is 3.02. The molecule has 2 heterocycles. The van der Waals surface area contributed by atoms with Gasteiger partial charge in [-0.25, -0.2) is 8.78 Å². The third kappa shape index (κ3) is 7.20. The number of morpholine rings is 1. The zero-order chi connectivity index (χ0) is 30.1. The number of nitriles is 1. The minimum Gasteiger partial charge on any atom is -0.377 e. The quantitative estimate of drug-likeness (QED) is 0.320. The Balaban J connectivity index is 1.79. The summed E-state index contributed by atoms with van der Waals surface area (Å²) in [5, 5.41) is 12.2. The van der Waals surface area contributed by atoms with Crippen molar-refractivity contribution in [3.63, 3.8) is 0 Å². The summed E-state index contributed by atoms with van der Waals surface area (Å²) in [5.74, 6) is -4.69. The van der Waals surface area contributed by atoms with E-state index in [2.05, 4.69) is 10.3 Å². The lowest BCUT2D eigenvalue weighted by molar-refractivity contribution is -0.132. The van der Waals surface area contributed by atoms with Gasteiger partial charge in [0.25, 0.3) is 5.91 Å². The van der Waals surface area contributed by atoms with Crippen molar-refractivity contribution in [1.29, 1.82) is 5.26 Å². The molecule has 1 aromatic heterocycles. The molecule has 1 aromatic carbocycles. The predicted molar refractivity (Wildman–Crippen MR) is 135 cm³/mol. The smallest absolute Gasteiger partial charge is 0.310 e. The fourth-order valence-corrected chi connectivity index (χ4v) is 5.43. The highest BCUT2D eigenvalue weighted by atomic mass is 32.5. The zero-order valence-electron chi connectivity index (χ0n) is 21.4. The van der Waals surface area contributed by atoms with Crippen LogP contribution in [0.15, 0.2) is 53.7 Å². The van der Waals surface area contributed by atoms with Gasteiger partial charge in [-0.1, -0.05) is 25.5 Å². The van der Waals surface area contributed by atoms with Gasteiger partial charge in [-0.05, 0) is 43.2 Å². The molecule has 0 bridgehead atoms. The monoisotopic (exact) mass is 609 g/mol. The Hall–Kier alpha value is -3.58. The number of amides is 2. The number of halogens is 7. The first-order valence-electron chi connectivity index (χ1n) is 12.5. The summed E-state index contributed by atoms with van der Waals surface area (Å²) >= 11 is 0. The van der Waals surface area contributed by atoms with Crippen LogP contribution in [0, 0.1) is 11.5 Å². The number of benzene rings is 1. The molecule has 2 aromatic rings. The standard InChI is InChI=1S/C25H26F7N5O3S/c26-25(27)9-7-18(8-10-25)35-23(38)22(17-2-1-11-34-14-17)37(24(39)21-15-40-13-12-36(21)16-33)19-3-5-20(6-4-19)41(28,29,30,31)32/h1-6,11,14,18,21-22H,7-10,12-13,15H2,(H,35,38). The summed E-state index contributed by atoms with van der Waals surface area (Å²) in [7, 11) is -10.1. The number of pyridine rings is 1. The Labute approximate surface area is 230 Å². The Kier molecular flexibility index (Phi) is 7.67. The van der Waals surface area contributed by atoms with Crippen LogP contribution in [0.3, 0.4) is 0 Å². The van der Waals surface area contributed by atoms with E-state index in [1.54, 1.807) is 0 Å². The first kappa shape index (κ1) is 30.4. The van der Waals surface area contributed by atoms with Crippen LogP contribution in [0.25, 0.3) is 0 Å². The van der Waals surface area contributed by atoms with Gasteiger partial charge in [-0.3, -0.25) is 24.4 Å². The van der Waals surface area contributed by atoms with E-state index in [1.807, 2.05) is 6.19 Å². The number of aromatic nitrogens is 1. The highest BCUT2D eigenvalue weighted by Gasteiger charge is 2.65. The summed E-state index contributed by atoms with van der Waals surface area (Å²) < 4.78 is 99.9. The molecule has 2 atom stereocenters. The van der Waals surface area contributed by atoms with Crippen molar-refractivity contribution < 1.29 is 42.5 Å². The van der Waals surface area contributed by atoms with Crippen LogP contribution in [0.1, 0.15) is 37.3 Å². The second-order valence-electron chi connectivity index (χ2n) is 9.88. The molecule has 41 heavy (non-hydrogen) atoms. The molecule has 0 spiro atoms. The van der Waals surface area contributed by atoms with Crippen LogP contribution >= 0.6 is 10.2 Å². The molecular formula is C25H26F7N5O3S. The number of carbonyl (C=O) groups excluding carboxylic acids is 2. The van der Waals surface area contributed by atoms with E-state index < -0.39 is 63.8 Å². The predicted octanol–water partition coefficient (Wildman–Crippen LogP) is 5.69. The lowest BCUT2D eigenvalue weighted by atomic mass is 9.91. The first-order chi connectivity index (χ1) is 19.0. The Morgan fingerprint density at radius 1 is 1.12 bits per heavy atom. The maximum absolute atomic E-state index is 14.0. The number of nitrogens with zero attached hydrogens (tertiary/aromatic N) is 4. The third-order valence-electron chi connectivity index (χ3n) is 6.91. The van der Waals surface area contributed by atoms with Gasteiger partial charge in [0.1, 0.15) is 17.0 Å². The van der Waals surface area contributed by atoms with Gasteiger partial charge in [-0.2, -0.15) is 5.26 Å². The van der Waals surface area contributed by atoms with Crippen molar-refractivity contribution in [1.82, 2.24) is 15.2 Å². The van der Waals surface area contributed by atoms with E-state index in [-0.39, 0.29) is 56.0 Å². The minimum atomic E-state index is -10.1. The fourth-order valence-electron chi connectivity index (χ4n) is 4.78. The molecule has 2 fully saturated rings. The number of anilines is 1. The number of nitrogens with one attached hydrogen (secondary N) is 1. The van der Waals surface area contributed by atoms with Gasteiger partial charge in [0.2, 0.25) is 11.8 Å². The average molecular weight is 610 g/mol. The van der Waals surface area contributed by atoms with Gasteiger partial charge in [0.05, 0.1) is 19.8 Å². The van der Waals surface area contributed by atoms with E-state index in [0.717, 1.165) is 9.80 Å². The van der Waals surface area contributed by atoms with Crippen LogP contribution in [-0.2, 0) is 14.3 Å². The Bertz CT molecular complexity index is 1310. The summed E-state index contributed by atoms with van der Waals surface area (Å²) in [5.41, 5.74) is -0.264. The first-order valence-corrected chi connectivity index (χ1v) is 14.4. The van der Waals surface area contributed by atoms with Crippen LogP contribution in [-0.4, -0.2) is 59.5 Å². The molecular weight excluding hydrogens is 583 g/mol. The van der Waals surface area contributed by atoms with Gasteiger partial charge >= 0.3 is 10.2 Å². The van der Waals surface area contributed by atoms with Crippen LogP contribution < -0.4 is 10.2 Å². The maximum atomic E-state index is 14.0. The largest absolute Gasteiger partial charge is 0.377 e. The molecule has 2 aliphatic rings. The Morgan fingerprint density at radius 3 is 2.34 bits per heavy atom. The molecule has 224 valence electrons. The fraction of sp³-hybridized carbons (Fsp3) is 0.440. The van der Waals surface area contributed by atoms with E-state index in [4.69, 9.17) is 4.74 Å². The summed E-state index contributed by atoms with van der Waals surface area (Å²) in [6, 6.07) is 0.707. The van der Waals surface area contributed by atoms with E-state index in [9.17, 15) is 43.1 Å². The van der Waals surface area contributed by atoms with E-state index in [1.165, 1.54) is 24.5 Å². The van der Waals surface area contributed by atoms with Crippen molar-refractivity contribution in [2.75, 3.05) is 24.7 Å². The SMILES string of the molecule is N#CN1CCOCC1C(=O)N(c1ccc(S(F)(F)(F)(F)F)cc1)C(C(=O)NC1CCC(F)(F)CC1)c1cccnc1. The molecule has 0 radical (unpaired) electrons. The van der Waals surface area contributed by atoms with Crippen LogP contribution in [0.5, 0.6) is 0 Å². The lowest BCUT2D eigenvalue weighted by Crippen LogP contribution is -2.56. The maximum Gasteiger partial charge on any atom is 0.310 e. The molecule has 1 N–H and O–H groups in total. The van der Waals surface area contributed by atoms with Crippen molar-refractivity contribution in [2.24, 2.45) is 0 Å². The van der Waals surface area contributed by atoms with Crippen molar-refractivity contribution in [3.8, 4) is 6.19 Å². The van der Waals surface area contributed by atoms with Crippen molar-refractivity contribution in [2.45, 2.75) is 54.6 Å². The van der Waals surface area contributed by atoms with E-state index >= 15 is 0 Å². The van der Waals surface area contributed by atoms with Gasteiger partial charge < -0.3 is 10.1 Å². The van der Waals surface area contributed by atoms with Crippen molar-refractivity contribution in [3.05, 3.63) is 54.4 Å². The van der Waals surface area contributed by atoms with Crippen LogP contribution in [0.2, 0.25) is 0 Å². The second kappa shape index (κ2) is 10.4. The number of hydrogen-bond donors (Lipinski definition) is 1. The molecule has 4 rings (SSSR count). The summed E-state index contributed by atoms with van der Waals surface area (Å²) in [4.78, 5) is 31.3. The lowest BCUT2D eigenvalue weighted by Gasteiger charge is -2.41. The molecule has 1 saturated heterocycles. The topological polar surface area (TPSA) is 98.6 Å². The third-order valence-corrected chi connectivity index (χ3v) is 8.07. The number of rotatable bonds is 7. The average Bonchev–Trinajstić information content (AvgIpc) is 2.91. The van der Waals surface area contributed by atoms with Gasteiger partial charge in [-0.15, -0.1) is 0 Å². The zero-order valence-corrected chi connectivity index (χ0v) is 22.2. The van der Waals surface area contributed by atoms with E-state index in [0.29, 0.717) is 12.1 Å². The van der Waals surface area contributed by atoms with Crippen molar-refractivity contribution >= 4 is 27.7 Å². The van der Waals surface area contributed by atoms with Gasteiger partial charge in [0.15, 0.2) is 6.19 Å². The number of carbonyl (C=O) groups is 2. The van der Waals surface area contributed by atoms with Gasteiger partial charge in [0, 0.05) is 42.5 Å². The number of hydrogen-bond acceptors (Lipinski definition) is 6. The summed E-state index contributed by atoms with van der Waals surface area (Å²) in [6.07, 6.45) is 3.33. The molecule has 1 aliphatic carbocycles. The molecule has 16 heteroatoms. The number of alkyl halides is 2. The molecule has 1 saturated carbocycles. The van der Waals surface area contributed by atoms with Crippen LogP contribution in [0.4, 0.5) is 33.9 Å². The molecule has 1 aliphatic heterocycles. The minimum absolute atomic E-state index is 0.00391. The second-order valence-corrected chi connectivity index (χ2v) is 12.3. The highest BCUT2D eigenvalue weighted by molar-refractivity contribution is 8.45. The summed E-state index contributed by atoms with van der Waals surface area (Å²) in [6.45, 7) is -0.190. The molecule has 2 unspecified atom stereocenters. The molecule has 2 amide bonds.